The molecule has 1 aliphatic rings. The molecule has 4 nitrogen and oxygen atoms in total. The van der Waals surface area contributed by atoms with E-state index in [1.165, 1.54) is 0 Å². The molecule has 0 unspecified atom stereocenters. The molecular weight excluding hydrogens is 437 g/mol. The van der Waals surface area contributed by atoms with Crippen LogP contribution in [0.1, 0.15) is 15.9 Å². The quantitative estimate of drug-likeness (QED) is 0.378. The smallest absolute Gasteiger partial charge is 0.257 e. The van der Waals surface area contributed by atoms with Crippen LogP contribution in [0.3, 0.4) is 0 Å². The number of carbonyl (C=O) groups excluding carboxylic acids is 1. The second-order valence-corrected chi connectivity index (χ2v) is 7.12. The molecule has 1 aliphatic heterocycles. The van der Waals surface area contributed by atoms with Crippen molar-refractivity contribution in [2.75, 3.05) is 26.3 Å². The molecule has 2 aromatic rings. The average molecular weight is 452 g/mol. The molecule has 156 valence electrons. The zero-order chi connectivity index (χ0) is 21.1. The first-order valence-electron chi connectivity index (χ1n) is 8.54. The lowest BCUT2D eigenvalue weighted by atomic mass is 10.1. The number of benzene rings is 2. The van der Waals surface area contributed by atoms with Gasteiger partial charge in [-0.3, -0.25) is 4.79 Å². The number of rotatable bonds is 5. The predicted octanol–water partition coefficient (Wildman–Crippen LogP) is 4.61. The number of carbonyl (C=O) groups is 1. The fourth-order valence-electron chi connectivity index (χ4n) is 2.87. The van der Waals surface area contributed by atoms with Crippen molar-refractivity contribution in [1.29, 1.82) is 0 Å². The third kappa shape index (κ3) is 4.83. The zero-order valence-corrected chi connectivity index (χ0v) is 16.4. The molecule has 10 heteroatoms. The van der Waals surface area contributed by atoms with Crippen molar-refractivity contribution in [1.82, 2.24) is 4.90 Å². The van der Waals surface area contributed by atoms with Crippen molar-refractivity contribution < 1.29 is 31.8 Å². The molecule has 2 aromatic carbocycles. The highest BCUT2D eigenvalue weighted by Crippen LogP contribution is 2.25. The van der Waals surface area contributed by atoms with Crippen molar-refractivity contribution >= 4 is 29.1 Å². The minimum absolute atomic E-state index is 0.00482. The number of nitrogens with zero attached hydrogens (tertiary/aromatic N) is 1. The lowest BCUT2D eigenvalue weighted by molar-refractivity contribution is -0.0648. The Kier molecular flexibility index (Phi) is 7.00. The third-order valence-corrected chi connectivity index (χ3v) is 5.08. The molecule has 1 heterocycles. The zero-order valence-electron chi connectivity index (χ0n) is 14.9. The Balaban J connectivity index is 1.63. The van der Waals surface area contributed by atoms with Gasteiger partial charge in [-0.25, -0.2) is 17.6 Å². The minimum Gasteiger partial charge on any atom is -0.374 e. The van der Waals surface area contributed by atoms with Crippen LogP contribution < -0.4 is 0 Å². The summed E-state index contributed by atoms with van der Waals surface area (Å²) in [6.07, 6.45) is -0.563. The first-order chi connectivity index (χ1) is 13.8. The topological polar surface area (TPSA) is 38.8 Å². The summed E-state index contributed by atoms with van der Waals surface area (Å²) in [7, 11) is 0. The molecule has 1 fully saturated rings. The summed E-state index contributed by atoms with van der Waals surface area (Å²) < 4.78 is 64.9. The van der Waals surface area contributed by atoms with Crippen LogP contribution in [0, 0.1) is 23.3 Å². The van der Waals surface area contributed by atoms with E-state index >= 15 is 0 Å². The summed E-state index contributed by atoms with van der Waals surface area (Å²) in [5, 5.41) is 0.879. The van der Waals surface area contributed by atoms with E-state index in [-0.39, 0.29) is 32.9 Å². The molecule has 1 saturated heterocycles. The first-order valence-corrected chi connectivity index (χ1v) is 9.29. The van der Waals surface area contributed by atoms with Crippen LogP contribution >= 0.6 is 23.2 Å². The largest absolute Gasteiger partial charge is 0.374 e. The second-order valence-electron chi connectivity index (χ2n) is 6.31. The molecule has 0 bridgehead atoms. The maximum atomic E-state index is 13.9. The summed E-state index contributed by atoms with van der Waals surface area (Å²) in [6.45, 7) is 0.358. The van der Waals surface area contributed by atoms with E-state index in [2.05, 4.69) is 0 Å². The Morgan fingerprint density at radius 3 is 2.52 bits per heavy atom. The maximum Gasteiger partial charge on any atom is 0.257 e. The molecule has 0 radical (unpaired) electrons. The monoisotopic (exact) mass is 451 g/mol. The van der Waals surface area contributed by atoms with Crippen molar-refractivity contribution in [3.05, 3.63) is 68.7 Å². The minimum atomic E-state index is -2.03. The van der Waals surface area contributed by atoms with Crippen molar-refractivity contribution in [2.24, 2.45) is 0 Å². The Bertz CT molecular complexity index is 909. The second kappa shape index (κ2) is 9.30. The summed E-state index contributed by atoms with van der Waals surface area (Å²) >= 11 is 12.1. The number of halogens is 6. The number of hydrogen-bond acceptors (Lipinski definition) is 3. The Morgan fingerprint density at radius 2 is 1.83 bits per heavy atom. The van der Waals surface area contributed by atoms with Gasteiger partial charge in [0.2, 0.25) is 0 Å². The third-order valence-electron chi connectivity index (χ3n) is 4.37. The van der Waals surface area contributed by atoms with E-state index in [0.29, 0.717) is 21.7 Å². The molecule has 3 rings (SSSR count). The molecule has 1 atom stereocenters. The lowest BCUT2D eigenvalue weighted by Crippen LogP contribution is -2.47. The van der Waals surface area contributed by atoms with Gasteiger partial charge in [-0.15, -0.1) is 0 Å². The van der Waals surface area contributed by atoms with E-state index in [1.54, 1.807) is 18.2 Å². The molecule has 0 spiro atoms. The van der Waals surface area contributed by atoms with Crippen LogP contribution in [0.15, 0.2) is 24.3 Å². The van der Waals surface area contributed by atoms with Gasteiger partial charge in [0.1, 0.15) is 0 Å². The molecule has 0 saturated carbocycles. The lowest BCUT2D eigenvalue weighted by Gasteiger charge is -2.33. The summed E-state index contributed by atoms with van der Waals surface area (Å²) in [4.78, 5) is 13.6. The predicted molar refractivity (Wildman–Crippen MR) is 98.0 cm³/mol. The molecule has 0 aromatic heterocycles. The van der Waals surface area contributed by atoms with Gasteiger partial charge < -0.3 is 14.4 Å². The fourth-order valence-corrected chi connectivity index (χ4v) is 3.37. The number of amides is 1. The van der Waals surface area contributed by atoms with Crippen molar-refractivity contribution in [2.45, 2.75) is 12.7 Å². The number of morpholine rings is 1. The summed E-state index contributed by atoms with van der Waals surface area (Å²) in [5.74, 6) is -8.34. The van der Waals surface area contributed by atoms with Crippen LogP contribution in [-0.4, -0.2) is 43.2 Å². The highest BCUT2D eigenvalue weighted by atomic mass is 35.5. The molecular formula is C19H15Cl2F4NO3. The normalized spacial score (nSPS) is 16.9. The molecule has 0 aliphatic carbocycles. The molecule has 29 heavy (non-hydrogen) atoms. The van der Waals surface area contributed by atoms with E-state index in [1.807, 2.05) is 0 Å². The summed E-state index contributed by atoms with van der Waals surface area (Å²) in [6, 6.07) is 5.37. The number of ether oxygens (including phenoxy) is 2. The Morgan fingerprint density at radius 1 is 1.14 bits per heavy atom. The summed E-state index contributed by atoms with van der Waals surface area (Å²) in [5.41, 5.74) is -0.287. The van der Waals surface area contributed by atoms with E-state index in [0.717, 1.165) is 4.90 Å². The van der Waals surface area contributed by atoms with Gasteiger partial charge in [-0.05, 0) is 18.2 Å². The van der Waals surface area contributed by atoms with Gasteiger partial charge in [-0.2, -0.15) is 0 Å². The van der Waals surface area contributed by atoms with Gasteiger partial charge in [0.05, 0.1) is 31.5 Å². The van der Waals surface area contributed by atoms with E-state index in [4.69, 9.17) is 32.7 Å². The van der Waals surface area contributed by atoms with Gasteiger partial charge in [-0.1, -0.05) is 29.3 Å². The van der Waals surface area contributed by atoms with E-state index < -0.39 is 40.8 Å². The van der Waals surface area contributed by atoms with Crippen LogP contribution in [0.4, 0.5) is 17.6 Å². The van der Waals surface area contributed by atoms with Crippen LogP contribution in [0.25, 0.3) is 0 Å². The maximum absolute atomic E-state index is 13.9. The van der Waals surface area contributed by atoms with Gasteiger partial charge >= 0.3 is 0 Å². The highest BCUT2D eigenvalue weighted by molar-refractivity contribution is 6.35. The SMILES string of the molecule is O=C(c1cc(F)c(F)c(F)c1F)N1CCO[C@@H](COCc2c(Cl)cccc2Cl)C1. The van der Waals surface area contributed by atoms with Crippen molar-refractivity contribution in [3.8, 4) is 0 Å². The van der Waals surface area contributed by atoms with Gasteiger partial charge in [0, 0.05) is 28.7 Å². The molecule has 1 amide bonds. The standard InChI is InChI=1S/C19H15Cl2F4NO3/c20-13-2-1-3-14(21)12(13)9-28-8-10-7-26(4-5-29-10)19(27)11-6-15(22)17(24)18(25)16(11)23/h1-3,6,10H,4-5,7-9H2/t10-/m1/s1. The number of hydrogen-bond donors (Lipinski definition) is 0. The van der Waals surface area contributed by atoms with Crippen LogP contribution in [-0.2, 0) is 16.1 Å². The van der Waals surface area contributed by atoms with Gasteiger partial charge in [0.25, 0.3) is 5.91 Å². The Labute approximate surface area is 173 Å². The van der Waals surface area contributed by atoms with Crippen LogP contribution in [0.2, 0.25) is 10.0 Å². The average Bonchev–Trinajstić information content (AvgIpc) is 2.71. The van der Waals surface area contributed by atoms with E-state index in [9.17, 15) is 22.4 Å². The van der Waals surface area contributed by atoms with Crippen molar-refractivity contribution in [3.63, 3.8) is 0 Å². The van der Waals surface area contributed by atoms with Crippen LogP contribution in [0.5, 0.6) is 0 Å². The Hall–Kier alpha value is -1.87. The van der Waals surface area contributed by atoms with Gasteiger partial charge in [0.15, 0.2) is 23.3 Å². The first kappa shape index (κ1) is 21.8. The highest BCUT2D eigenvalue weighted by Gasteiger charge is 2.30. The molecule has 0 N–H and O–H groups in total. The fraction of sp³-hybridized carbons (Fsp3) is 0.316.